The molecule has 0 radical (unpaired) electrons. The van der Waals surface area contributed by atoms with E-state index in [2.05, 4.69) is 4.72 Å². The lowest BCUT2D eigenvalue weighted by Gasteiger charge is -2.32. The number of carbonyl (C=O) groups excluding carboxylic acids is 1. The van der Waals surface area contributed by atoms with Crippen LogP contribution in [-0.2, 0) is 20.5 Å². The van der Waals surface area contributed by atoms with Crippen LogP contribution in [0, 0.1) is 17.8 Å². The Bertz CT molecular complexity index is 447. The SMILES string of the molecule is CCC(C)C[C@@H](C(=O)OCC(C)C)[C@@H](N[S@](=O)C(C)(C)C)C(F)(F)F. The van der Waals surface area contributed by atoms with E-state index < -0.39 is 39.8 Å². The van der Waals surface area contributed by atoms with Gasteiger partial charge in [-0.1, -0.05) is 34.1 Å². The lowest BCUT2D eigenvalue weighted by Crippen LogP contribution is -2.54. The van der Waals surface area contributed by atoms with E-state index in [1.165, 1.54) is 0 Å². The maximum atomic E-state index is 13.6. The fraction of sp³-hybridized carbons (Fsp3) is 0.941. The van der Waals surface area contributed by atoms with Crippen molar-refractivity contribution in [3.63, 3.8) is 0 Å². The lowest BCUT2D eigenvalue weighted by molar-refractivity contribution is -0.180. The summed E-state index contributed by atoms with van der Waals surface area (Å²) >= 11 is 0. The van der Waals surface area contributed by atoms with Gasteiger partial charge in [0, 0.05) is 0 Å². The van der Waals surface area contributed by atoms with Crippen molar-refractivity contribution in [1.29, 1.82) is 0 Å². The van der Waals surface area contributed by atoms with E-state index in [4.69, 9.17) is 4.74 Å². The first-order valence-electron chi connectivity index (χ1n) is 8.61. The van der Waals surface area contributed by atoms with Gasteiger partial charge in [0.1, 0.15) is 6.04 Å². The number of carbonyl (C=O) groups is 1. The molecule has 0 aliphatic rings. The maximum Gasteiger partial charge on any atom is 0.405 e. The second kappa shape index (κ2) is 9.90. The zero-order valence-corrected chi connectivity index (χ0v) is 17.0. The standard InChI is InChI=1S/C17H32F3NO3S/c1-8-12(4)9-13(15(22)24-10-11(2)3)14(17(18,19)20)21-25(23)16(5,6)7/h11-14,21H,8-10H2,1-7H3/t12?,13-,14-,25-/m1/s1. The highest BCUT2D eigenvalue weighted by molar-refractivity contribution is 7.84. The minimum atomic E-state index is -4.71. The largest absolute Gasteiger partial charge is 0.465 e. The molecule has 0 amide bonds. The Morgan fingerprint density at radius 2 is 1.68 bits per heavy atom. The number of halogens is 3. The highest BCUT2D eigenvalue weighted by atomic mass is 32.2. The smallest absolute Gasteiger partial charge is 0.405 e. The van der Waals surface area contributed by atoms with Crippen LogP contribution in [0.5, 0.6) is 0 Å². The molecular formula is C17H32F3NO3S. The van der Waals surface area contributed by atoms with Crippen LogP contribution in [0.15, 0.2) is 0 Å². The molecule has 8 heteroatoms. The van der Waals surface area contributed by atoms with Gasteiger partial charge in [-0.25, -0.2) is 8.93 Å². The predicted molar refractivity (Wildman–Crippen MR) is 94.2 cm³/mol. The first-order chi connectivity index (χ1) is 11.2. The summed E-state index contributed by atoms with van der Waals surface area (Å²) in [4.78, 5) is 12.4. The van der Waals surface area contributed by atoms with Crippen LogP contribution in [-0.4, -0.2) is 33.8 Å². The summed E-state index contributed by atoms with van der Waals surface area (Å²) in [5.41, 5.74) is 0. The van der Waals surface area contributed by atoms with Crippen molar-refractivity contribution in [1.82, 2.24) is 4.72 Å². The Kier molecular flexibility index (Phi) is 9.65. The van der Waals surface area contributed by atoms with Gasteiger partial charge < -0.3 is 4.74 Å². The number of hydrogen-bond donors (Lipinski definition) is 1. The van der Waals surface area contributed by atoms with E-state index in [1.807, 2.05) is 20.8 Å². The molecule has 0 aliphatic heterocycles. The second-order valence-corrected chi connectivity index (χ2v) is 9.90. The zero-order chi connectivity index (χ0) is 20.0. The molecule has 0 bridgehead atoms. The Morgan fingerprint density at radius 3 is 2.04 bits per heavy atom. The lowest BCUT2D eigenvalue weighted by atomic mass is 9.88. The average molecular weight is 388 g/mol. The molecule has 0 aromatic carbocycles. The summed E-state index contributed by atoms with van der Waals surface area (Å²) in [7, 11) is -1.96. The van der Waals surface area contributed by atoms with Gasteiger partial charge in [-0.2, -0.15) is 13.2 Å². The van der Waals surface area contributed by atoms with Gasteiger partial charge in [-0.3, -0.25) is 4.79 Å². The number of hydrogen-bond acceptors (Lipinski definition) is 3. The fourth-order valence-corrected chi connectivity index (χ4v) is 2.88. The van der Waals surface area contributed by atoms with Crippen molar-refractivity contribution in [2.45, 2.75) is 78.3 Å². The first-order valence-corrected chi connectivity index (χ1v) is 9.76. The third-order valence-electron chi connectivity index (χ3n) is 3.76. The minimum Gasteiger partial charge on any atom is -0.465 e. The highest BCUT2D eigenvalue weighted by Crippen LogP contribution is 2.32. The molecule has 0 spiro atoms. The van der Waals surface area contributed by atoms with Gasteiger partial charge in [0.05, 0.1) is 28.3 Å². The Balaban J connectivity index is 5.59. The summed E-state index contributed by atoms with van der Waals surface area (Å²) < 4.78 is 59.4. The molecule has 0 aliphatic carbocycles. The van der Waals surface area contributed by atoms with Gasteiger partial charge >= 0.3 is 12.1 Å². The molecule has 1 N–H and O–H groups in total. The molecule has 4 nitrogen and oxygen atoms in total. The summed E-state index contributed by atoms with van der Waals surface area (Å²) in [6, 6.07) is -2.21. The summed E-state index contributed by atoms with van der Waals surface area (Å²) in [5.74, 6) is -2.39. The zero-order valence-electron chi connectivity index (χ0n) is 16.2. The molecule has 4 atom stereocenters. The topological polar surface area (TPSA) is 55.4 Å². The van der Waals surface area contributed by atoms with Crippen LogP contribution in [0.4, 0.5) is 13.2 Å². The van der Waals surface area contributed by atoms with Crippen LogP contribution in [0.25, 0.3) is 0 Å². The van der Waals surface area contributed by atoms with E-state index in [1.54, 1.807) is 27.7 Å². The summed E-state index contributed by atoms with van der Waals surface area (Å²) in [6.45, 7) is 12.0. The van der Waals surface area contributed by atoms with Crippen LogP contribution in [0.3, 0.4) is 0 Å². The quantitative estimate of drug-likeness (QED) is 0.603. The fourth-order valence-electron chi connectivity index (χ4n) is 1.99. The molecule has 0 saturated heterocycles. The van der Waals surface area contributed by atoms with Crippen molar-refractivity contribution >= 4 is 17.0 Å². The van der Waals surface area contributed by atoms with E-state index in [0.717, 1.165) is 0 Å². The van der Waals surface area contributed by atoms with Crippen molar-refractivity contribution in [3.05, 3.63) is 0 Å². The number of ether oxygens (including phenoxy) is 1. The minimum absolute atomic E-state index is 0.0198. The normalized spacial score (nSPS) is 17.9. The van der Waals surface area contributed by atoms with E-state index in [9.17, 15) is 22.2 Å². The number of rotatable bonds is 9. The van der Waals surface area contributed by atoms with Gasteiger partial charge in [-0.05, 0) is 39.0 Å². The van der Waals surface area contributed by atoms with E-state index >= 15 is 0 Å². The Morgan fingerprint density at radius 1 is 1.16 bits per heavy atom. The Hall–Kier alpha value is -0.630. The maximum absolute atomic E-state index is 13.6. The van der Waals surface area contributed by atoms with Crippen molar-refractivity contribution in [2.75, 3.05) is 6.61 Å². The van der Waals surface area contributed by atoms with Crippen LogP contribution in [0.2, 0.25) is 0 Å². The molecule has 0 saturated carbocycles. The van der Waals surface area contributed by atoms with Gasteiger partial charge in [0.2, 0.25) is 0 Å². The van der Waals surface area contributed by atoms with E-state index in [-0.39, 0.29) is 24.9 Å². The summed E-state index contributed by atoms with van der Waals surface area (Å²) in [5, 5.41) is 0. The second-order valence-electron chi connectivity index (χ2n) is 7.90. The number of esters is 1. The van der Waals surface area contributed by atoms with Gasteiger partial charge in [-0.15, -0.1) is 0 Å². The van der Waals surface area contributed by atoms with Crippen LogP contribution >= 0.6 is 0 Å². The molecular weight excluding hydrogens is 355 g/mol. The molecule has 0 aromatic rings. The molecule has 25 heavy (non-hydrogen) atoms. The summed E-state index contributed by atoms with van der Waals surface area (Å²) in [6.07, 6.45) is -4.05. The van der Waals surface area contributed by atoms with Crippen molar-refractivity contribution in [2.24, 2.45) is 17.8 Å². The van der Waals surface area contributed by atoms with Crippen molar-refractivity contribution < 1.29 is 26.9 Å². The Labute approximate surface area is 151 Å². The van der Waals surface area contributed by atoms with Crippen LogP contribution in [0.1, 0.15) is 61.3 Å². The van der Waals surface area contributed by atoms with Crippen molar-refractivity contribution in [3.8, 4) is 0 Å². The molecule has 0 fully saturated rings. The number of nitrogens with one attached hydrogen (secondary N) is 1. The highest BCUT2D eigenvalue weighted by Gasteiger charge is 2.50. The van der Waals surface area contributed by atoms with Gasteiger partial charge in [0.25, 0.3) is 0 Å². The average Bonchev–Trinajstić information content (AvgIpc) is 2.45. The predicted octanol–water partition coefficient (Wildman–Crippen LogP) is 4.22. The third-order valence-corrected chi connectivity index (χ3v) is 5.34. The monoisotopic (exact) mass is 387 g/mol. The van der Waals surface area contributed by atoms with Gasteiger partial charge in [0.15, 0.2) is 0 Å². The molecule has 0 aromatic heterocycles. The molecule has 1 unspecified atom stereocenters. The third kappa shape index (κ3) is 9.03. The molecule has 150 valence electrons. The van der Waals surface area contributed by atoms with Crippen LogP contribution < -0.4 is 4.72 Å². The molecule has 0 rings (SSSR count). The first kappa shape index (κ1) is 24.4. The van der Waals surface area contributed by atoms with E-state index in [0.29, 0.717) is 6.42 Å². The number of alkyl halides is 3. The molecule has 0 heterocycles.